The third-order valence-corrected chi connectivity index (χ3v) is 3.07. The smallest absolute Gasteiger partial charge is 0.394 e. The monoisotopic (exact) mass is 298 g/mol. The number of carbonyl (C=O) groups is 2. The third-order valence-electron chi connectivity index (χ3n) is 3.07. The van der Waals surface area contributed by atoms with Crippen molar-refractivity contribution in [2.45, 2.75) is 13.1 Å². The second kappa shape index (κ2) is 6.78. The zero-order chi connectivity index (χ0) is 15.3. The van der Waals surface area contributed by atoms with E-state index in [1.165, 1.54) is 0 Å². The number of nitrogens with zero attached hydrogens (tertiary/aromatic N) is 1. The molecule has 6 nitrogen and oxygen atoms in total. The lowest BCUT2D eigenvalue weighted by Gasteiger charge is -2.18. The summed E-state index contributed by atoms with van der Waals surface area (Å²) in [6.45, 7) is 1.57. The van der Waals surface area contributed by atoms with E-state index in [1.807, 2.05) is 0 Å². The number of carboxylic acid groups (broad SMARTS) is 1. The normalized spacial score (nSPS) is 22.9. The zero-order valence-electron chi connectivity index (χ0n) is 10.9. The Morgan fingerprint density at radius 3 is 2.50 bits per heavy atom. The molecule has 0 aromatic carbocycles. The minimum Gasteiger partial charge on any atom is -0.481 e. The van der Waals surface area contributed by atoms with Gasteiger partial charge in [0.05, 0.1) is 18.4 Å². The fraction of sp³-hybridized carbons (Fsp3) is 0.818. The van der Waals surface area contributed by atoms with Crippen molar-refractivity contribution in [2.75, 3.05) is 32.8 Å². The predicted molar refractivity (Wildman–Crippen MR) is 62.1 cm³/mol. The van der Waals surface area contributed by atoms with Gasteiger partial charge >= 0.3 is 18.2 Å². The van der Waals surface area contributed by atoms with E-state index in [1.54, 1.807) is 6.92 Å². The van der Waals surface area contributed by atoms with Gasteiger partial charge in [-0.1, -0.05) is 0 Å². The Labute approximate surface area is 113 Å². The molecule has 9 heteroatoms. The van der Waals surface area contributed by atoms with Gasteiger partial charge in [-0.05, 0) is 6.92 Å². The fourth-order valence-electron chi connectivity index (χ4n) is 2.04. The maximum Gasteiger partial charge on any atom is 0.394 e. The topological polar surface area (TPSA) is 78.9 Å². The quantitative estimate of drug-likeness (QED) is 0.740. The fourth-order valence-corrected chi connectivity index (χ4v) is 2.04. The third kappa shape index (κ3) is 4.26. The maximum atomic E-state index is 12.7. The molecule has 1 saturated heterocycles. The zero-order valence-corrected chi connectivity index (χ0v) is 10.9. The average Bonchev–Trinajstić information content (AvgIpc) is 2.79. The van der Waals surface area contributed by atoms with Crippen LogP contribution in [0.25, 0.3) is 0 Å². The van der Waals surface area contributed by atoms with Crippen LogP contribution in [0.2, 0.25) is 0 Å². The van der Waals surface area contributed by atoms with Gasteiger partial charge in [-0.15, -0.1) is 0 Å². The summed E-state index contributed by atoms with van der Waals surface area (Å²) in [7, 11) is 0. The highest BCUT2D eigenvalue weighted by Gasteiger charge is 2.53. The lowest BCUT2D eigenvalue weighted by molar-refractivity contribution is -0.187. The van der Waals surface area contributed by atoms with Gasteiger partial charge in [-0.2, -0.15) is 13.2 Å². The van der Waals surface area contributed by atoms with E-state index in [-0.39, 0.29) is 13.2 Å². The lowest BCUT2D eigenvalue weighted by Crippen LogP contribution is -2.40. The molecule has 116 valence electrons. The molecule has 1 fully saturated rings. The van der Waals surface area contributed by atoms with Crippen LogP contribution in [0.15, 0.2) is 0 Å². The molecule has 1 heterocycles. The highest BCUT2D eigenvalue weighted by atomic mass is 19.4. The molecule has 0 saturated carbocycles. The number of amides is 2. The number of urea groups is 1. The number of rotatable bonds is 5. The van der Waals surface area contributed by atoms with Gasteiger partial charge in [0.15, 0.2) is 0 Å². The van der Waals surface area contributed by atoms with Crippen LogP contribution in [0.5, 0.6) is 0 Å². The number of alkyl halides is 3. The van der Waals surface area contributed by atoms with Crippen LogP contribution < -0.4 is 5.32 Å². The van der Waals surface area contributed by atoms with Crippen LogP contribution in [0.1, 0.15) is 6.92 Å². The van der Waals surface area contributed by atoms with Crippen LogP contribution in [0, 0.1) is 11.8 Å². The number of carbonyl (C=O) groups excluding carboxylic acids is 1. The second-order valence-electron chi connectivity index (χ2n) is 4.43. The molecule has 20 heavy (non-hydrogen) atoms. The molecule has 1 aliphatic rings. The summed E-state index contributed by atoms with van der Waals surface area (Å²) in [6.07, 6.45) is -4.64. The standard InChI is InChI=1S/C11H17F3N2O4/c1-2-20-4-3-15-10(19)16-5-7(9(17)18)8(6-16)11(12,13)14/h7-8H,2-6H2,1H3,(H,15,19)(H,17,18)/t7-,8-/m1/s1. The Bertz CT molecular complexity index is 362. The van der Waals surface area contributed by atoms with Crippen LogP contribution >= 0.6 is 0 Å². The number of carboxylic acids is 1. The highest BCUT2D eigenvalue weighted by Crippen LogP contribution is 2.37. The SMILES string of the molecule is CCOCCNC(=O)N1C[C@@H](C(F)(F)F)[C@H](C(=O)O)C1. The van der Waals surface area contributed by atoms with Gasteiger partial charge in [-0.3, -0.25) is 4.79 Å². The van der Waals surface area contributed by atoms with Gasteiger partial charge in [0.2, 0.25) is 0 Å². The van der Waals surface area contributed by atoms with Gasteiger partial charge < -0.3 is 20.1 Å². The van der Waals surface area contributed by atoms with E-state index in [9.17, 15) is 22.8 Å². The van der Waals surface area contributed by atoms with E-state index >= 15 is 0 Å². The van der Waals surface area contributed by atoms with Gasteiger partial charge in [0, 0.05) is 26.2 Å². The molecule has 0 bridgehead atoms. The molecule has 2 amide bonds. The number of hydrogen-bond acceptors (Lipinski definition) is 3. The maximum absolute atomic E-state index is 12.7. The molecule has 2 N–H and O–H groups in total. The Morgan fingerprint density at radius 2 is 2.05 bits per heavy atom. The first-order valence-corrected chi connectivity index (χ1v) is 6.17. The molecule has 0 radical (unpaired) electrons. The van der Waals surface area contributed by atoms with Crippen molar-refractivity contribution in [2.24, 2.45) is 11.8 Å². The van der Waals surface area contributed by atoms with E-state index < -0.39 is 43.1 Å². The summed E-state index contributed by atoms with van der Waals surface area (Å²) in [5.41, 5.74) is 0. The van der Waals surface area contributed by atoms with E-state index in [4.69, 9.17) is 9.84 Å². The first kappa shape index (κ1) is 16.5. The first-order valence-electron chi connectivity index (χ1n) is 6.17. The summed E-state index contributed by atoms with van der Waals surface area (Å²) in [4.78, 5) is 23.4. The van der Waals surface area contributed by atoms with Crippen LogP contribution in [-0.4, -0.2) is 61.0 Å². The van der Waals surface area contributed by atoms with Crippen molar-refractivity contribution in [1.29, 1.82) is 0 Å². The van der Waals surface area contributed by atoms with Gasteiger partial charge in [0.25, 0.3) is 0 Å². The van der Waals surface area contributed by atoms with Crippen molar-refractivity contribution >= 4 is 12.0 Å². The Kier molecular flexibility index (Phi) is 5.61. The minimum absolute atomic E-state index is 0.164. The molecule has 0 aliphatic carbocycles. The number of ether oxygens (including phenoxy) is 1. The van der Waals surface area contributed by atoms with Gasteiger partial charge in [-0.25, -0.2) is 4.79 Å². The summed E-state index contributed by atoms with van der Waals surface area (Å²) in [5.74, 6) is -5.19. The molecule has 0 aromatic heterocycles. The van der Waals surface area contributed by atoms with Crippen molar-refractivity contribution in [3.05, 3.63) is 0 Å². The molecular formula is C11H17F3N2O4. The van der Waals surface area contributed by atoms with Crippen molar-refractivity contribution in [3.8, 4) is 0 Å². The number of halogens is 3. The Balaban J connectivity index is 2.57. The van der Waals surface area contributed by atoms with Crippen LogP contribution in [-0.2, 0) is 9.53 Å². The average molecular weight is 298 g/mol. The van der Waals surface area contributed by atoms with E-state index in [2.05, 4.69) is 5.32 Å². The van der Waals surface area contributed by atoms with E-state index in [0.717, 1.165) is 4.90 Å². The molecular weight excluding hydrogens is 281 g/mol. The Hall–Kier alpha value is -1.51. The summed E-state index contributed by atoms with van der Waals surface area (Å²) >= 11 is 0. The largest absolute Gasteiger partial charge is 0.481 e. The molecule has 0 aromatic rings. The van der Waals surface area contributed by atoms with Crippen LogP contribution in [0.4, 0.5) is 18.0 Å². The number of likely N-dealkylation sites (tertiary alicyclic amines) is 1. The first-order chi connectivity index (χ1) is 9.27. The summed E-state index contributed by atoms with van der Waals surface area (Å²) in [6, 6.07) is -0.706. The molecule has 1 rings (SSSR count). The van der Waals surface area contributed by atoms with Crippen molar-refractivity contribution in [3.63, 3.8) is 0 Å². The highest BCUT2D eigenvalue weighted by molar-refractivity contribution is 5.77. The predicted octanol–water partition coefficient (Wildman–Crippen LogP) is 0.927. The Morgan fingerprint density at radius 1 is 1.40 bits per heavy atom. The minimum atomic E-state index is -4.64. The molecule has 0 spiro atoms. The van der Waals surface area contributed by atoms with E-state index in [0.29, 0.717) is 6.61 Å². The van der Waals surface area contributed by atoms with Crippen molar-refractivity contribution in [1.82, 2.24) is 10.2 Å². The lowest BCUT2D eigenvalue weighted by atomic mass is 9.96. The molecule has 2 atom stereocenters. The number of nitrogens with one attached hydrogen (secondary N) is 1. The van der Waals surface area contributed by atoms with Crippen molar-refractivity contribution < 1.29 is 32.6 Å². The number of hydrogen-bond donors (Lipinski definition) is 2. The van der Waals surface area contributed by atoms with Crippen LogP contribution in [0.3, 0.4) is 0 Å². The van der Waals surface area contributed by atoms with Gasteiger partial charge in [0.1, 0.15) is 0 Å². The second-order valence-corrected chi connectivity index (χ2v) is 4.43. The summed E-state index contributed by atoms with van der Waals surface area (Å²) < 4.78 is 43.1. The summed E-state index contributed by atoms with van der Waals surface area (Å²) in [5, 5.41) is 11.2. The molecule has 0 unspecified atom stereocenters. The molecule has 1 aliphatic heterocycles. The number of aliphatic carboxylic acids is 1.